The van der Waals surface area contributed by atoms with Crippen molar-refractivity contribution in [2.75, 3.05) is 23.3 Å². The van der Waals surface area contributed by atoms with Gasteiger partial charge in [0.05, 0.1) is 21.9 Å². The first-order valence-corrected chi connectivity index (χ1v) is 9.43. The van der Waals surface area contributed by atoms with Crippen molar-refractivity contribution in [3.8, 4) is 0 Å². The van der Waals surface area contributed by atoms with Crippen molar-refractivity contribution in [2.45, 2.75) is 19.3 Å². The van der Waals surface area contributed by atoms with Crippen LogP contribution in [0.1, 0.15) is 29.6 Å². The molecule has 4 rings (SSSR count). The molecule has 0 spiro atoms. The molecule has 144 valence electrons. The van der Waals surface area contributed by atoms with Crippen molar-refractivity contribution in [1.82, 2.24) is 4.57 Å². The Bertz CT molecular complexity index is 1050. The van der Waals surface area contributed by atoms with E-state index in [1.54, 1.807) is 6.07 Å². The molecule has 1 aliphatic rings. The number of nitro groups is 1. The predicted molar refractivity (Wildman–Crippen MR) is 110 cm³/mol. The summed E-state index contributed by atoms with van der Waals surface area (Å²) in [7, 11) is 1.95. The van der Waals surface area contributed by atoms with E-state index < -0.39 is 4.92 Å². The fourth-order valence-electron chi connectivity index (χ4n) is 3.83. The summed E-state index contributed by atoms with van der Waals surface area (Å²) in [4.78, 5) is 26.1. The van der Waals surface area contributed by atoms with Gasteiger partial charge in [0.2, 0.25) is 0 Å². The molecule has 2 heterocycles. The fraction of sp³-hybridized carbons (Fsp3) is 0.286. The number of hydrogen-bond acceptors (Lipinski definition) is 4. The number of carbonyl (C=O) groups excluding carboxylic acids is 1. The van der Waals surface area contributed by atoms with E-state index in [9.17, 15) is 14.9 Å². The highest BCUT2D eigenvalue weighted by molar-refractivity contribution is 6.12. The molecule has 28 heavy (non-hydrogen) atoms. The van der Waals surface area contributed by atoms with Crippen LogP contribution < -0.4 is 10.2 Å². The van der Waals surface area contributed by atoms with Crippen LogP contribution in [0.25, 0.3) is 10.9 Å². The molecule has 1 saturated heterocycles. The molecule has 1 fully saturated rings. The second kappa shape index (κ2) is 7.34. The zero-order valence-corrected chi connectivity index (χ0v) is 15.7. The van der Waals surface area contributed by atoms with Gasteiger partial charge in [-0.3, -0.25) is 14.9 Å². The number of nitro benzene ring substituents is 1. The predicted octanol–water partition coefficient (Wildman–Crippen LogP) is 4.33. The molecule has 1 aromatic heterocycles. The van der Waals surface area contributed by atoms with Crippen LogP contribution >= 0.6 is 0 Å². The first kappa shape index (κ1) is 18.0. The van der Waals surface area contributed by atoms with E-state index >= 15 is 0 Å². The lowest BCUT2D eigenvalue weighted by molar-refractivity contribution is -0.384. The number of fused-ring (bicyclic) bond motifs is 1. The van der Waals surface area contributed by atoms with Gasteiger partial charge in [-0.25, -0.2) is 0 Å². The Morgan fingerprint density at radius 3 is 2.64 bits per heavy atom. The number of benzene rings is 2. The largest absolute Gasteiger partial charge is 0.371 e. The smallest absolute Gasteiger partial charge is 0.270 e. The molecule has 7 heteroatoms. The van der Waals surface area contributed by atoms with Crippen LogP contribution in [-0.4, -0.2) is 28.5 Å². The van der Waals surface area contributed by atoms with Gasteiger partial charge in [-0.05, 0) is 43.5 Å². The summed E-state index contributed by atoms with van der Waals surface area (Å²) in [5.41, 5.74) is 2.71. The van der Waals surface area contributed by atoms with Crippen LogP contribution in [0.5, 0.6) is 0 Å². The maximum atomic E-state index is 13.1. The second-order valence-corrected chi connectivity index (χ2v) is 7.13. The van der Waals surface area contributed by atoms with Crippen LogP contribution in [0.3, 0.4) is 0 Å². The van der Waals surface area contributed by atoms with Gasteiger partial charge in [0, 0.05) is 49.4 Å². The van der Waals surface area contributed by atoms with E-state index in [1.165, 1.54) is 18.6 Å². The molecule has 0 bridgehead atoms. The average Bonchev–Trinajstić information content (AvgIpc) is 3.10. The van der Waals surface area contributed by atoms with Crippen molar-refractivity contribution >= 4 is 33.9 Å². The third-order valence-corrected chi connectivity index (χ3v) is 5.31. The number of aryl methyl sites for hydroxylation is 1. The summed E-state index contributed by atoms with van der Waals surface area (Å²) in [5, 5.41) is 15.1. The number of carbonyl (C=O) groups is 1. The lowest BCUT2D eigenvalue weighted by Crippen LogP contribution is -2.31. The van der Waals surface area contributed by atoms with Crippen molar-refractivity contribution < 1.29 is 9.72 Å². The quantitative estimate of drug-likeness (QED) is 0.541. The first-order chi connectivity index (χ1) is 13.5. The normalized spacial score (nSPS) is 14.2. The molecular formula is C21H22N4O3. The third kappa shape index (κ3) is 3.31. The highest BCUT2D eigenvalue weighted by Crippen LogP contribution is 2.30. The maximum Gasteiger partial charge on any atom is 0.270 e. The first-order valence-electron chi connectivity index (χ1n) is 9.43. The summed E-state index contributed by atoms with van der Waals surface area (Å²) >= 11 is 0. The summed E-state index contributed by atoms with van der Waals surface area (Å²) in [6, 6.07) is 12.2. The molecular weight excluding hydrogens is 356 g/mol. The van der Waals surface area contributed by atoms with E-state index in [4.69, 9.17) is 0 Å². The highest BCUT2D eigenvalue weighted by atomic mass is 16.6. The number of rotatable bonds is 4. The van der Waals surface area contributed by atoms with Crippen molar-refractivity contribution in [3.63, 3.8) is 0 Å². The van der Waals surface area contributed by atoms with E-state index in [0.29, 0.717) is 11.3 Å². The number of nitrogens with one attached hydrogen (secondary N) is 1. The zero-order valence-electron chi connectivity index (χ0n) is 15.7. The second-order valence-electron chi connectivity index (χ2n) is 7.13. The van der Waals surface area contributed by atoms with Gasteiger partial charge in [-0.15, -0.1) is 0 Å². The van der Waals surface area contributed by atoms with Gasteiger partial charge in [0.15, 0.2) is 0 Å². The standard InChI is InChI=1S/C21H22N4O3/c1-23-13-10-16-18(6-5-7-19(16)23)22-21(26)17-14-15(25(27)28)8-9-20(17)24-11-3-2-4-12-24/h5-10,13-14H,2-4,11-12H2,1H3,(H,22,26). The maximum absolute atomic E-state index is 13.1. The Balaban J connectivity index is 1.72. The molecule has 1 aliphatic heterocycles. The molecule has 0 radical (unpaired) electrons. The number of non-ortho nitro benzene ring substituents is 1. The van der Waals surface area contributed by atoms with Gasteiger partial charge < -0.3 is 14.8 Å². The molecule has 1 N–H and O–H groups in total. The molecule has 1 amide bonds. The topological polar surface area (TPSA) is 80.4 Å². The van der Waals surface area contributed by atoms with E-state index in [2.05, 4.69) is 10.2 Å². The Labute approximate surface area is 162 Å². The zero-order chi connectivity index (χ0) is 19.7. The Morgan fingerprint density at radius 1 is 1.11 bits per heavy atom. The summed E-state index contributed by atoms with van der Waals surface area (Å²) in [6.45, 7) is 1.71. The minimum absolute atomic E-state index is 0.0798. The average molecular weight is 378 g/mol. The monoisotopic (exact) mass is 378 g/mol. The number of anilines is 2. The lowest BCUT2D eigenvalue weighted by atomic mass is 10.1. The molecule has 0 aliphatic carbocycles. The van der Waals surface area contributed by atoms with E-state index in [0.717, 1.165) is 42.5 Å². The molecule has 0 saturated carbocycles. The van der Waals surface area contributed by atoms with Gasteiger partial charge >= 0.3 is 0 Å². The number of nitrogens with zero attached hydrogens (tertiary/aromatic N) is 3. The number of piperidine rings is 1. The van der Waals surface area contributed by atoms with Crippen molar-refractivity contribution in [3.05, 3.63) is 64.3 Å². The summed E-state index contributed by atoms with van der Waals surface area (Å²) in [6.07, 6.45) is 5.22. The molecule has 3 aromatic rings. The van der Waals surface area contributed by atoms with Crippen LogP contribution in [0, 0.1) is 10.1 Å². The van der Waals surface area contributed by atoms with Crippen molar-refractivity contribution in [2.24, 2.45) is 7.05 Å². The molecule has 0 atom stereocenters. The van der Waals surface area contributed by atoms with Gasteiger partial charge in [0.25, 0.3) is 11.6 Å². The van der Waals surface area contributed by atoms with Gasteiger partial charge in [-0.1, -0.05) is 6.07 Å². The number of amides is 1. The van der Waals surface area contributed by atoms with Gasteiger partial charge in [-0.2, -0.15) is 0 Å². The molecule has 0 unspecified atom stereocenters. The summed E-state index contributed by atoms with van der Waals surface area (Å²) < 4.78 is 1.98. The molecule has 7 nitrogen and oxygen atoms in total. The third-order valence-electron chi connectivity index (χ3n) is 5.31. The number of hydrogen-bond donors (Lipinski definition) is 1. The highest BCUT2D eigenvalue weighted by Gasteiger charge is 2.22. The van der Waals surface area contributed by atoms with Crippen LogP contribution in [-0.2, 0) is 7.05 Å². The molecule has 2 aromatic carbocycles. The Hall–Kier alpha value is -3.35. The SMILES string of the molecule is Cn1ccc2c(NC(=O)c3cc([N+](=O)[O-])ccc3N3CCCCC3)cccc21. The fourth-order valence-corrected chi connectivity index (χ4v) is 3.83. The summed E-state index contributed by atoms with van der Waals surface area (Å²) in [5.74, 6) is -0.333. The van der Waals surface area contributed by atoms with Crippen LogP contribution in [0.4, 0.5) is 17.1 Å². The van der Waals surface area contributed by atoms with Crippen molar-refractivity contribution in [1.29, 1.82) is 0 Å². The van der Waals surface area contributed by atoms with E-state index in [1.807, 2.05) is 42.1 Å². The minimum atomic E-state index is -0.464. The van der Waals surface area contributed by atoms with Gasteiger partial charge in [0.1, 0.15) is 0 Å². The van der Waals surface area contributed by atoms with Crippen LogP contribution in [0.2, 0.25) is 0 Å². The lowest BCUT2D eigenvalue weighted by Gasteiger charge is -2.30. The van der Waals surface area contributed by atoms with Crippen LogP contribution in [0.15, 0.2) is 48.7 Å². The Kier molecular flexibility index (Phi) is 4.73. The number of aromatic nitrogens is 1. The van der Waals surface area contributed by atoms with E-state index in [-0.39, 0.29) is 11.6 Å². The minimum Gasteiger partial charge on any atom is -0.371 e. The Morgan fingerprint density at radius 2 is 1.89 bits per heavy atom.